The molecule has 0 amide bonds. The normalized spacial score (nSPS) is 10.9. The molecule has 0 atom stereocenters. The summed E-state index contributed by atoms with van der Waals surface area (Å²) < 4.78 is 1.09. The van der Waals surface area contributed by atoms with Crippen molar-refractivity contribution >= 4 is 26.8 Å². The minimum Gasteiger partial charge on any atom is -0.247 e. The molecule has 19 heavy (non-hydrogen) atoms. The molecule has 0 aliphatic rings. The second-order valence-corrected chi connectivity index (χ2v) is 5.65. The summed E-state index contributed by atoms with van der Waals surface area (Å²) in [5.41, 5.74) is 5.85. The number of nitrogens with zero attached hydrogens (tertiary/aromatic N) is 1. The number of hydrogen-bond acceptors (Lipinski definition) is 1. The number of para-hydroxylation sites is 1. The highest BCUT2D eigenvalue weighted by atomic mass is 79.9. The van der Waals surface area contributed by atoms with E-state index in [1.165, 1.54) is 16.5 Å². The van der Waals surface area contributed by atoms with Gasteiger partial charge in [0.15, 0.2) is 0 Å². The topological polar surface area (TPSA) is 12.9 Å². The first kappa shape index (κ1) is 12.4. The highest BCUT2D eigenvalue weighted by Gasteiger charge is 2.09. The maximum absolute atomic E-state index is 4.82. The molecule has 1 heterocycles. The average Bonchev–Trinajstić information content (AvgIpc) is 2.44. The first-order valence-electron chi connectivity index (χ1n) is 6.28. The lowest BCUT2D eigenvalue weighted by atomic mass is 9.99. The van der Waals surface area contributed by atoms with Gasteiger partial charge in [0.05, 0.1) is 11.2 Å². The van der Waals surface area contributed by atoms with Gasteiger partial charge in [-0.15, -0.1) is 0 Å². The third-order valence-corrected chi connectivity index (χ3v) is 4.10. The first-order chi connectivity index (χ1) is 9.16. The third kappa shape index (κ3) is 2.17. The highest BCUT2D eigenvalue weighted by Crippen LogP contribution is 2.29. The second-order valence-electron chi connectivity index (χ2n) is 4.73. The van der Waals surface area contributed by atoms with Crippen LogP contribution < -0.4 is 0 Å². The monoisotopic (exact) mass is 311 g/mol. The average molecular weight is 312 g/mol. The smallest absolute Gasteiger partial charge is 0.0741 e. The predicted molar refractivity (Wildman–Crippen MR) is 84.4 cm³/mol. The summed E-state index contributed by atoms with van der Waals surface area (Å²) in [6, 6.07) is 16.6. The number of pyridine rings is 1. The molecule has 2 heteroatoms. The van der Waals surface area contributed by atoms with Crippen molar-refractivity contribution < 1.29 is 0 Å². The molecule has 0 saturated carbocycles. The summed E-state index contributed by atoms with van der Waals surface area (Å²) in [4.78, 5) is 4.82. The molecule has 1 nitrogen and oxygen atoms in total. The van der Waals surface area contributed by atoms with Crippen LogP contribution in [-0.4, -0.2) is 4.98 Å². The molecule has 0 aliphatic carbocycles. The molecule has 3 aromatic rings. The van der Waals surface area contributed by atoms with E-state index in [0.29, 0.717) is 0 Å². The largest absolute Gasteiger partial charge is 0.247 e. The maximum atomic E-state index is 4.82. The molecule has 1 aromatic heterocycles. The third-order valence-electron chi connectivity index (χ3n) is 3.58. The molecule has 0 saturated heterocycles. The number of hydrogen-bond donors (Lipinski definition) is 0. The van der Waals surface area contributed by atoms with Gasteiger partial charge < -0.3 is 0 Å². The Hall–Kier alpha value is -1.67. The van der Waals surface area contributed by atoms with E-state index in [2.05, 4.69) is 72.2 Å². The van der Waals surface area contributed by atoms with Crippen LogP contribution in [0, 0.1) is 13.8 Å². The van der Waals surface area contributed by atoms with Crippen molar-refractivity contribution in [2.45, 2.75) is 13.8 Å². The van der Waals surface area contributed by atoms with Crippen LogP contribution in [0.1, 0.15) is 11.1 Å². The maximum Gasteiger partial charge on any atom is 0.0741 e. The lowest BCUT2D eigenvalue weighted by Crippen LogP contribution is -1.94. The molecule has 0 radical (unpaired) electrons. The molecule has 0 bridgehead atoms. The summed E-state index contributed by atoms with van der Waals surface area (Å²) in [6.07, 6.45) is 0. The first-order valence-corrected chi connectivity index (χ1v) is 7.08. The lowest BCUT2D eigenvalue weighted by Gasteiger charge is -2.11. The standard InChI is InChI=1S/C17H14BrN/c1-11-12(2)17(13-7-9-14(18)10-8-13)19-16-6-4-3-5-15(11)16/h3-10H,1-2H3. The number of aromatic nitrogens is 1. The fraction of sp³-hybridized carbons (Fsp3) is 0.118. The Morgan fingerprint density at radius 3 is 2.26 bits per heavy atom. The SMILES string of the molecule is Cc1c(-c2ccc(Br)cc2)nc2ccccc2c1C. The fourth-order valence-corrected chi connectivity index (χ4v) is 2.63. The molecule has 2 aromatic carbocycles. The van der Waals surface area contributed by atoms with E-state index in [9.17, 15) is 0 Å². The minimum absolute atomic E-state index is 1.06. The van der Waals surface area contributed by atoms with Gasteiger partial charge in [-0.3, -0.25) is 0 Å². The lowest BCUT2D eigenvalue weighted by molar-refractivity contribution is 1.28. The van der Waals surface area contributed by atoms with Gasteiger partial charge in [-0.2, -0.15) is 0 Å². The fourth-order valence-electron chi connectivity index (χ4n) is 2.36. The Labute approximate surface area is 121 Å². The van der Waals surface area contributed by atoms with Crippen molar-refractivity contribution in [2.24, 2.45) is 0 Å². The quantitative estimate of drug-likeness (QED) is 0.595. The van der Waals surface area contributed by atoms with Gasteiger partial charge in [0, 0.05) is 15.4 Å². The van der Waals surface area contributed by atoms with Crippen molar-refractivity contribution in [3.63, 3.8) is 0 Å². The number of fused-ring (bicyclic) bond motifs is 1. The number of halogens is 1. The molecule has 3 rings (SSSR count). The van der Waals surface area contributed by atoms with E-state index in [4.69, 9.17) is 4.98 Å². The Morgan fingerprint density at radius 1 is 0.842 bits per heavy atom. The Bertz CT molecular complexity index is 745. The van der Waals surface area contributed by atoms with Gasteiger partial charge in [-0.1, -0.05) is 46.3 Å². The Morgan fingerprint density at radius 2 is 1.53 bits per heavy atom. The van der Waals surface area contributed by atoms with Crippen LogP contribution in [-0.2, 0) is 0 Å². The van der Waals surface area contributed by atoms with Crippen LogP contribution in [0.25, 0.3) is 22.2 Å². The van der Waals surface area contributed by atoms with Gasteiger partial charge >= 0.3 is 0 Å². The molecule has 0 N–H and O–H groups in total. The van der Waals surface area contributed by atoms with Crippen LogP contribution in [0.2, 0.25) is 0 Å². The van der Waals surface area contributed by atoms with Gasteiger partial charge in [0.25, 0.3) is 0 Å². The highest BCUT2D eigenvalue weighted by molar-refractivity contribution is 9.10. The molecule has 0 spiro atoms. The van der Waals surface area contributed by atoms with Crippen molar-refractivity contribution in [1.82, 2.24) is 4.98 Å². The molecule has 94 valence electrons. The molecule has 0 fully saturated rings. The van der Waals surface area contributed by atoms with Crippen molar-refractivity contribution in [1.29, 1.82) is 0 Å². The van der Waals surface area contributed by atoms with E-state index < -0.39 is 0 Å². The van der Waals surface area contributed by atoms with Crippen LogP contribution in [0.4, 0.5) is 0 Å². The van der Waals surface area contributed by atoms with Crippen molar-refractivity contribution in [3.8, 4) is 11.3 Å². The zero-order valence-electron chi connectivity index (χ0n) is 10.9. The van der Waals surface area contributed by atoms with Crippen LogP contribution >= 0.6 is 15.9 Å². The number of aryl methyl sites for hydroxylation is 1. The van der Waals surface area contributed by atoms with Gasteiger partial charge in [0.1, 0.15) is 0 Å². The summed E-state index contributed by atoms with van der Waals surface area (Å²) in [7, 11) is 0. The summed E-state index contributed by atoms with van der Waals surface area (Å²) in [5, 5.41) is 1.24. The Balaban J connectivity index is 2.29. The summed E-state index contributed by atoms with van der Waals surface area (Å²) in [5.74, 6) is 0. The second kappa shape index (κ2) is 4.78. The van der Waals surface area contributed by atoms with Gasteiger partial charge in [0.2, 0.25) is 0 Å². The number of benzene rings is 2. The van der Waals surface area contributed by atoms with Crippen molar-refractivity contribution in [2.75, 3.05) is 0 Å². The molecule has 0 unspecified atom stereocenters. The predicted octanol–water partition coefficient (Wildman–Crippen LogP) is 5.28. The van der Waals surface area contributed by atoms with Crippen LogP contribution in [0.5, 0.6) is 0 Å². The van der Waals surface area contributed by atoms with E-state index in [1.807, 2.05) is 6.07 Å². The molecular formula is C17H14BrN. The van der Waals surface area contributed by atoms with E-state index >= 15 is 0 Å². The van der Waals surface area contributed by atoms with Crippen LogP contribution in [0.3, 0.4) is 0 Å². The summed E-state index contributed by atoms with van der Waals surface area (Å²) in [6.45, 7) is 4.31. The van der Waals surface area contributed by atoms with E-state index in [1.54, 1.807) is 0 Å². The zero-order valence-corrected chi connectivity index (χ0v) is 12.5. The summed E-state index contributed by atoms with van der Waals surface area (Å²) >= 11 is 3.47. The van der Waals surface area contributed by atoms with Gasteiger partial charge in [-0.05, 0) is 43.2 Å². The van der Waals surface area contributed by atoms with Crippen molar-refractivity contribution in [3.05, 3.63) is 64.1 Å². The molecular weight excluding hydrogens is 298 g/mol. The van der Waals surface area contributed by atoms with E-state index in [-0.39, 0.29) is 0 Å². The van der Waals surface area contributed by atoms with Crippen LogP contribution in [0.15, 0.2) is 53.0 Å². The van der Waals surface area contributed by atoms with Gasteiger partial charge in [-0.25, -0.2) is 4.98 Å². The molecule has 0 aliphatic heterocycles. The Kier molecular flexibility index (Phi) is 3.11. The minimum atomic E-state index is 1.06. The zero-order chi connectivity index (χ0) is 13.4. The van der Waals surface area contributed by atoms with E-state index in [0.717, 1.165) is 21.2 Å². The number of rotatable bonds is 1.